The summed E-state index contributed by atoms with van der Waals surface area (Å²) in [7, 11) is -1.88. The predicted octanol–water partition coefficient (Wildman–Crippen LogP) is 4.02. The molecule has 0 spiro atoms. The van der Waals surface area contributed by atoms with Crippen molar-refractivity contribution in [3.8, 4) is 22.1 Å². The van der Waals surface area contributed by atoms with Gasteiger partial charge in [-0.05, 0) is 37.3 Å². The van der Waals surface area contributed by atoms with Crippen LogP contribution < -0.4 is 9.47 Å². The fraction of sp³-hybridized carbons (Fsp3) is 0.238. The molecule has 0 fully saturated rings. The van der Waals surface area contributed by atoms with Crippen LogP contribution in [0.1, 0.15) is 12.6 Å². The number of thiazole rings is 1. The van der Waals surface area contributed by atoms with Gasteiger partial charge < -0.3 is 14.0 Å². The normalized spacial score (nSPS) is 11.7. The van der Waals surface area contributed by atoms with Crippen LogP contribution in [-0.4, -0.2) is 42.9 Å². The van der Waals surface area contributed by atoms with E-state index in [2.05, 4.69) is 4.98 Å². The Morgan fingerprint density at radius 1 is 1.10 bits per heavy atom. The quantitative estimate of drug-likeness (QED) is 0.429. The van der Waals surface area contributed by atoms with Crippen LogP contribution in [0.5, 0.6) is 11.5 Å². The van der Waals surface area contributed by atoms with Crippen molar-refractivity contribution in [1.29, 1.82) is 0 Å². The van der Waals surface area contributed by atoms with E-state index in [1.807, 2.05) is 48.7 Å². The van der Waals surface area contributed by atoms with E-state index in [0.29, 0.717) is 30.2 Å². The number of para-hydroxylation sites is 2. The Kier molecular flexibility index (Phi) is 5.48. The lowest BCUT2D eigenvalue weighted by Crippen LogP contribution is -2.10. The number of rotatable bonds is 7. The van der Waals surface area contributed by atoms with Crippen molar-refractivity contribution < 1.29 is 17.9 Å². The lowest BCUT2D eigenvalue weighted by molar-refractivity contribution is 0.311. The van der Waals surface area contributed by atoms with Gasteiger partial charge in [0, 0.05) is 17.2 Å². The lowest BCUT2D eigenvalue weighted by atomic mass is 10.2. The van der Waals surface area contributed by atoms with E-state index in [-0.39, 0.29) is 5.16 Å². The minimum atomic E-state index is -3.48. The van der Waals surface area contributed by atoms with Crippen molar-refractivity contribution in [2.75, 3.05) is 20.0 Å². The zero-order valence-corrected chi connectivity index (χ0v) is 18.5. The molecule has 2 aromatic heterocycles. The molecule has 0 atom stereocenters. The molecule has 7 nitrogen and oxygen atoms in total. The first-order valence-electron chi connectivity index (χ1n) is 9.31. The molecule has 0 N–H and O–H groups in total. The van der Waals surface area contributed by atoms with Crippen molar-refractivity contribution in [2.45, 2.75) is 18.6 Å². The molecule has 0 amide bonds. The minimum Gasteiger partial charge on any atom is -0.493 e. The summed E-state index contributed by atoms with van der Waals surface area (Å²) in [6, 6.07) is 13.1. The van der Waals surface area contributed by atoms with Gasteiger partial charge in [0.1, 0.15) is 5.01 Å². The summed E-state index contributed by atoms with van der Waals surface area (Å²) in [5, 5.41) is 2.79. The number of sulfone groups is 1. The minimum absolute atomic E-state index is 0.0426. The zero-order valence-electron chi connectivity index (χ0n) is 16.8. The molecule has 9 heteroatoms. The molecule has 2 aromatic carbocycles. The first-order valence-corrected chi connectivity index (χ1v) is 12.1. The average Bonchev–Trinajstić information content (AvgIpc) is 3.34. The Hall–Kier alpha value is -2.91. The molecular weight excluding hydrogens is 422 g/mol. The number of methoxy groups -OCH3 is 1. The molecule has 4 rings (SSSR count). The van der Waals surface area contributed by atoms with Gasteiger partial charge in [0.25, 0.3) is 0 Å². The molecule has 30 heavy (non-hydrogen) atoms. The topological polar surface area (TPSA) is 83.3 Å². The molecule has 0 bridgehead atoms. The summed E-state index contributed by atoms with van der Waals surface area (Å²) >= 11 is 1.49. The second kappa shape index (κ2) is 8.08. The van der Waals surface area contributed by atoms with E-state index in [4.69, 9.17) is 14.5 Å². The van der Waals surface area contributed by atoms with E-state index in [9.17, 15) is 8.42 Å². The Morgan fingerprint density at radius 3 is 2.63 bits per heavy atom. The van der Waals surface area contributed by atoms with Gasteiger partial charge in [0.15, 0.2) is 11.5 Å². The predicted molar refractivity (Wildman–Crippen MR) is 117 cm³/mol. The van der Waals surface area contributed by atoms with Gasteiger partial charge in [0.2, 0.25) is 15.0 Å². The highest BCUT2D eigenvalue weighted by atomic mass is 32.2. The fourth-order valence-electron chi connectivity index (χ4n) is 3.24. The smallest absolute Gasteiger partial charge is 0.228 e. The number of aromatic nitrogens is 3. The number of benzene rings is 2. The molecule has 4 aromatic rings. The summed E-state index contributed by atoms with van der Waals surface area (Å²) in [5.74, 6) is 1.33. The van der Waals surface area contributed by atoms with Crippen LogP contribution in [0.3, 0.4) is 0 Å². The van der Waals surface area contributed by atoms with Crippen molar-refractivity contribution in [3.05, 3.63) is 53.5 Å². The first kappa shape index (κ1) is 20.4. The standard InChI is InChI=1S/C21H21N3O4S2/c1-4-28-18-10-9-14(11-19(18)27-2)20-22-15(13-29-20)12-24-17-8-6-5-7-16(17)23-21(24)30(3,25)26/h5-11,13H,4,12H2,1-3H3. The van der Waals surface area contributed by atoms with E-state index >= 15 is 0 Å². The molecule has 156 valence electrons. The van der Waals surface area contributed by atoms with E-state index in [1.54, 1.807) is 17.7 Å². The van der Waals surface area contributed by atoms with Gasteiger partial charge in [-0.2, -0.15) is 0 Å². The van der Waals surface area contributed by atoms with Gasteiger partial charge in [-0.25, -0.2) is 18.4 Å². The van der Waals surface area contributed by atoms with Crippen LogP contribution >= 0.6 is 11.3 Å². The van der Waals surface area contributed by atoms with E-state index < -0.39 is 9.84 Å². The number of ether oxygens (including phenoxy) is 2. The number of hydrogen-bond acceptors (Lipinski definition) is 7. The third-order valence-corrected chi connectivity index (χ3v) is 6.45. The molecule has 0 unspecified atom stereocenters. The van der Waals surface area contributed by atoms with Crippen molar-refractivity contribution in [2.24, 2.45) is 0 Å². The van der Waals surface area contributed by atoms with Gasteiger partial charge in [-0.15, -0.1) is 11.3 Å². The fourth-order valence-corrected chi connectivity index (χ4v) is 4.87. The second-order valence-electron chi connectivity index (χ2n) is 6.68. The molecular formula is C21H21N3O4S2. The molecule has 0 radical (unpaired) electrons. The third kappa shape index (κ3) is 3.90. The number of fused-ring (bicyclic) bond motifs is 1. The number of imidazole rings is 1. The van der Waals surface area contributed by atoms with Crippen molar-refractivity contribution in [3.63, 3.8) is 0 Å². The Morgan fingerprint density at radius 2 is 1.90 bits per heavy atom. The molecule has 0 saturated carbocycles. The highest BCUT2D eigenvalue weighted by molar-refractivity contribution is 7.90. The molecule has 0 aliphatic heterocycles. The summed E-state index contributed by atoms with van der Waals surface area (Å²) in [4.78, 5) is 9.03. The van der Waals surface area contributed by atoms with Crippen LogP contribution in [0.15, 0.2) is 53.0 Å². The van der Waals surface area contributed by atoms with Gasteiger partial charge in [-0.1, -0.05) is 12.1 Å². The van der Waals surface area contributed by atoms with Crippen LogP contribution in [0.25, 0.3) is 21.6 Å². The molecule has 0 aliphatic carbocycles. The molecule has 0 aliphatic rings. The molecule has 2 heterocycles. The highest BCUT2D eigenvalue weighted by Crippen LogP contribution is 2.34. The zero-order chi connectivity index (χ0) is 21.3. The van der Waals surface area contributed by atoms with Gasteiger partial charge >= 0.3 is 0 Å². The summed E-state index contributed by atoms with van der Waals surface area (Å²) in [5.41, 5.74) is 3.07. The average molecular weight is 444 g/mol. The summed E-state index contributed by atoms with van der Waals surface area (Å²) in [6.07, 6.45) is 1.17. The summed E-state index contributed by atoms with van der Waals surface area (Å²) < 4.78 is 37.2. The maximum Gasteiger partial charge on any atom is 0.228 e. The third-order valence-electron chi connectivity index (χ3n) is 4.53. The highest BCUT2D eigenvalue weighted by Gasteiger charge is 2.20. The SMILES string of the molecule is CCOc1ccc(-c2nc(Cn3c(S(C)(=O)=O)nc4ccccc43)cs2)cc1OC. The van der Waals surface area contributed by atoms with Crippen LogP contribution in [0.4, 0.5) is 0 Å². The largest absolute Gasteiger partial charge is 0.493 e. The maximum absolute atomic E-state index is 12.3. The Labute approximate surface area is 178 Å². The van der Waals surface area contributed by atoms with Crippen molar-refractivity contribution in [1.82, 2.24) is 14.5 Å². The monoisotopic (exact) mass is 443 g/mol. The Balaban J connectivity index is 1.70. The van der Waals surface area contributed by atoms with Crippen LogP contribution in [0.2, 0.25) is 0 Å². The van der Waals surface area contributed by atoms with E-state index in [0.717, 1.165) is 21.8 Å². The summed E-state index contributed by atoms with van der Waals surface area (Å²) in [6.45, 7) is 2.79. The number of nitrogens with zero attached hydrogens (tertiary/aromatic N) is 3. The Bertz CT molecular complexity index is 1310. The van der Waals surface area contributed by atoms with Gasteiger partial charge in [-0.3, -0.25) is 0 Å². The lowest BCUT2D eigenvalue weighted by Gasteiger charge is -2.10. The van der Waals surface area contributed by atoms with Crippen LogP contribution in [0, 0.1) is 0 Å². The van der Waals surface area contributed by atoms with Crippen molar-refractivity contribution >= 4 is 32.2 Å². The van der Waals surface area contributed by atoms with E-state index in [1.165, 1.54) is 17.6 Å². The molecule has 0 saturated heterocycles. The van der Waals surface area contributed by atoms with Crippen LogP contribution in [-0.2, 0) is 16.4 Å². The van der Waals surface area contributed by atoms with Gasteiger partial charge in [0.05, 0.1) is 37.0 Å². The second-order valence-corrected chi connectivity index (χ2v) is 9.45. The number of hydrogen-bond donors (Lipinski definition) is 0. The first-order chi connectivity index (χ1) is 14.4. The maximum atomic E-state index is 12.3.